The molecule has 2 heterocycles. The summed E-state index contributed by atoms with van der Waals surface area (Å²) in [5.74, 6) is 0. The van der Waals surface area contributed by atoms with Crippen LogP contribution in [0.4, 0.5) is 0 Å². The van der Waals surface area contributed by atoms with Crippen LogP contribution in [0.3, 0.4) is 0 Å². The maximum absolute atomic E-state index is 2.84. The zero-order valence-electron chi connectivity index (χ0n) is 16.0. The van der Waals surface area contributed by atoms with E-state index in [4.69, 9.17) is 0 Å². The lowest BCUT2D eigenvalue weighted by Gasteiger charge is -2.47. The summed E-state index contributed by atoms with van der Waals surface area (Å²) in [6.07, 6.45) is 21.1. The Morgan fingerprint density at radius 1 is 0.458 bits per heavy atom. The molecule has 2 heteroatoms. The van der Waals surface area contributed by atoms with Crippen molar-refractivity contribution >= 4 is 0 Å². The van der Waals surface area contributed by atoms with Gasteiger partial charge in [-0.15, -0.1) is 0 Å². The standard InChI is InChI=1S/C22H40N2/c1-3-9-21(10-4-1)13-7-15-23(19-21)17-18-24-16-8-14-22(20-24)11-5-2-6-12-22/h1-20H2. The summed E-state index contributed by atoms with van der Waals surface area (Å²) in [5, 5.41) is 0. The summed E-state index contributed by atoms with van der Waals surface area (Å²) in [7, 11) is 0. The molecule has 2 saturated heterocycles. The van der Waals surface area contributed by atoms with Gasteiger partial charge in [-0.1, -0.05) is 38.5 Å². The Labute approximate surface area is 150 Å². The van der Waals surface area contributed by atoms with Crippen LogP contribution in [0, 0.1) is 10.8 Å². The number of rotatable bonds is 3. The van der Waals surface area contributed by atoms with Crippen LogP contribution in [0.1, 0.15) is 89.9 Å². The minimum atomic E-state index is 0.725. The van der Waals surface area contributed by atoms with Gasteiger partial charge in [-0.05, 0) is 75.3 Å². The Balaban J connectivity index is 1.27. The van der Waals surface area contributed by atoms with E-state index >= 15 is 0 Å². The van der Waals surface area contributed by atoms with Gasteiger partial charge < -0.3 is 9.80 Å². The van der Waals surface area contributed by atoms with E-state index < -0.39 is 0 Å². The molecule has 138 valence electrons. The molecule has 24 heavy (non-hydrogen) atoms. The lowest BCUT2D eigenvalue weighted by atomic mass is 9.69. The fraction of sp³-hybridized carbons (Fsp3) is 1.00. The Morgan fingerprint density at radius 3 is 1.25 bits per heavy atom. The van der Waals surface area contributed by atoms with Gasteiger partial charge in [0.15, 0.2) is 0 Å². The summed E-state index contributed by atoms with van der Waals surface area (Å²) < 4.78 is 0. The molecule has 2 nitrogen and oxygen atoms in total. The average molecular weight is 333 g/mol. The van der Waals surface area contributed by atoms with E-state index in [-0.39, 0.29) is 0 Å². The largest absolute Gasteiger partial charge is 0.302 e. The van der Waals surface area contributed by atoms with Gasteiger partial charge in [0.1, 0.15) is 0 Å². The lowest BCUT2D eigenvalue weighted by Crippen LogP contribution is -2.49. The van der Waals surface area contributed by atoms with E-state index in [2.05, 4.69) is 9.80 Å². The molecule has 0 amide bonds. The molecular weight excluding hydrogens is 292 g/mol. The van der Waals surface area contributed by atoms with Gasteiger partial charge in [0, 0.05) is 26.2 Å². The number of hydrogen-bond donors (Lipinski definition) is 0. The summed E-state index contributed by atoms with van der Waals surface area (Å²) in [5.41, 5.74) is 1.45. The van der Waals surface area contributed by atoms with Crippen molar-refractivity contribution in [1.29, 1.82) is 0 Å². The topological polar surface area (TPSA) is 6.48 Å². The number of piperidine rings is 2. The van der Waals surface area contributed by atoms with Crippen LogP contribution >= 0.6 is 0 Å². The third-order valence-corrected chi connectivity index (χ3v) is 8.04. The van der Waals surface area contributed by atoms with Crippen LogP contribution in [-0.4, -0.2) is 49.1 Å². The molecule has 4 fully saturated rings. The average Bonchev–Trinajstić information content (AvgIpc) is 2.62. The van der Waals surface area contributed by atoms with Crippen LogP contribution in [0.5, 0.6) is 0 Å². The van der Waals surface area contributed by atoms with E-state index in [1.807, 2.05) is 0 Å². The molecule has 0 atom stereocenters. The van der Waals surface area contributed by atoms with E-state index in [1.54, 1.807) is 0 Å². The van der Waals surface area contributed by atoms with Gasteiger partial charge in [-0.2, -0.15) is 0 Å². The van der Waals surface area contributed by atoms with Gasteiger partial charge in [-0.25, -0.2) is 0 Å². The Hall–Kier alpha value is -0.0800. The summed E-state index contributed by atoms with van der Waals surface area (Å²) in [6, 6.07) is 0. The zero-order chi connectivity index (χ0) is 16.3. The van der Waals surface area contributed by atoms with Crippen LogP contribution < -0.4 is 0 Å². The first-order valence-electron chi connectivity index (χ1n) is 11.2. The second-order valence-electron chi connectivity index (χ2n) is 9.88. The first kappa shape index (κ1) is 17.3. The summed E-state index contributed by atoms with van der Waals surface area (Å²) >= 11 is 0. The maximum atomic E-state index is 2.84. The Bertz CT molecular complexity index is 344. The van der Waals surface area contributed by atoms with Crippen molar-refractivity contribution in [3.05, 3.63) is 0 Å². The number of nitrogens with zero attached hydrogens (tertiary/aromatic N) is 2. The predicted molar refractivity (Wildman–Crippen MR) is 102 cm³/mol. The van der Waals surface area contributed by atoms with Gasteiger partial charge >= 0.3 is 0 Å². The molecule has 4 aliphatic rings. The molecule has 0 aromatic carbocycles. The minimum Gasteiger partial charge on any atom is -0.302 e. The van der Waals surface area contributed by atoms with Gasteiger partial charge in [0.25, 0.3) is 0 Å². The van der Waals surface area contributed by atoms with Gasteiger partial charge in [-0.3, -0.25) is 0 Å². The molecule has 0 aromatic rings. The van der Waals surface area contributed by atoms with Crippen molar-refractivity contribution in [3.8, 4) is 0 Å². The van der Waals surface area contributed by atoms with Crippen LogP contribution in [0.25, 0.3) is 0 Å². The lowest BCUT2D eigenvalue weighted by molar-refractivity contribution is 0.0250. The minimum absolute atomic E-state index is 0.725. The van der Waals surface area contributed by atoms with E-state index in [1.165, 1.54) is 129 Å². The van der Waals surface area contributed by atoms with Crippen LogP contribution in [0.15, 0.2) is 0 Å². The third kappa shape index (κ3) is 4.01. The second-order valence-corrected chi connectivity index (χ2v) is 9.88. The van der Waals surface area contributed by atoms with Crippen LogP contribution in [-0.2, 0) is 0 Å². The van der Waals surface area contributed by atoms with Crippen molar-refractivity contribution in [2.75, 3.05) is 39.3 Å². The predicted octanol–water partition coefficient (Wildman–Crippen LogP) is 5.08. The van der Waals surface area contributed by atoms with E-state index in [0.717, 1.165) is 10.8 Å². The van der Waals surface area contributed by atoms with Crippen molar-refractivity contribution in [1.82, 2.24) is 9.80 Å². The van der Waals surface area contributed by atoms with Crippen LogP contribution in [0.2, 0.25) is 0 Å². The first-order chi connectivity index (χ1) is 11.8. The monoisotopic (exact) mass is 332 g/mol. The SMILES string of the molecule is C1CCC2(CC1)CCCN(CCN1CCCC3(CCCCC3)C1)C2. The fourth-order valence-corrected chi connectivity index (χ4v) is 6.70. The number of hydrogen-bond acceptors (Lipinski definition) is 2. The highest BCUT2D eigenvalue weighted by Crippen LogP contribution is 2.44. The summed E-state index contributed by atoms with van der Waals surface area (Å²) in [4.78, 5) is 5.69. The summed E-state index contributed by atoms with van der Waals surface area (Å²) in [6.45, 7) is 8.29. The third-order valence-electron chi connectivity index (χ3n) is 8.04. The molecule has 2 aliphatic heterocycles. The normalized spacial score (nSPS) is 31.5. The highest BCUT2D eigenvalue weighted by atomic mass is 15.2. The van der Waals surface area contributed by atoms with Crippen molar-refractivity contribution < 1.29 is 0 Å². The van der Waals surface area contributed by atoms with Crippen molar-refractivity contribution in [2.45, 2.75) is 89.9 Å². The van der Waals surface area contributed by atoms with Gasteiger partial charge in [0.2, 0.25) is 0 Å². The molecular formula is C22H40N2. The van der Waals surface area contributed by atoms with E-state index in [9.17, 15) is 0 Å². The molecule has 0 aromatic heterocycles. The molecule has 4 rings (SSSR count). The quantitative estimate of drug-likeness (QED) is 0.711. The fourth-order valence-electron chi connectivity index (χ4n) is 6.70. The molecule has 0 N–H and O–H groups in total. The maximum Gasteiger partial charge on any atom is 0.0110 e. The Kier molecular flexibility index (Phi) is 5.53. The smallest absolute Gasteiger partial charge is 0.0110 e. The molecule has 0 unspecified atom stereocenters. The highest BCUT2D eigenvalue weighted by Gasteiger charge is 2.38. The highest BCUT2D eigenvalue weighted by molar-refractivity contribution is 4.91. The number of likely N-dealkylation sites (tertiary alicyclic amines) is 2. The molecule has 2 spiro atoms. The van der Waals surface area contributed by atoms with Crippen molar-refractivity contribution in [2.24, 2.45) is 10.8 Å². The molecule has 2 saturated carbocycles. The van der Waals surface area contributed by atoms with E-state index in [0.29, 0.717) is 0 Å². The molecule has 0 bridgehead atoms. The second kappa shape index (κ2) is 7.66. The molecule has 0 radical (unpaired) electrons. The first-order valence-corrected chi connectivity index (χ1v) is 11.2. The van der Waals surface area contributed by atoms with Gasteiger partial charge in [0.05, 0.1) is 0 Å². The van der Waals surface area contributed by atoms with Crippen molar-refractivity contribution in [3.63, 3.8) is 0 Å². The zero-order valence-corrected chi connectivity index (χ0v) is 16.0. The molecule has 2 aliphatic carbocycles. The Morgan fingerprint density at radius 2 is 0.833 bits per heavy atom.